The van der Waals surface area contributed by atoms with Gasteiger partial charge in [-0.15, -0.1) is 0 Å². The van der Waals surface area contributed by atoms with Crippen molar-refractivity contribution in [2.24, 2.45) is 0 Å². The SMILES string of the molecule is COCCN1CCc2ccc(-c3ccc(S(=O)(=O)N4CC=C(C(C)=O)CC4)cc3)cc2C1. The molecule has 2 aromatic rings. The number of hydrogen-bond acceptors (Lipinski definition) is 5. The molecule has 0 atom stereocenters. The van der Waals surface area contributed by atoms with E-state index in [9.17, 15) is 13.2 Å². The van der Waals surface area contributed by atoms with Crippen LogP contribution in [0.25, 0.3) is 11.1 Å². The first-order chi connectivity index (χ1) is 15.4. The fourth-order valence-electron chi connectivity index (χ4n) is 4.36. The highest BCUT2D eigenvalue weighted by molar-refractivity contribution is 7.89. The highest BCUT2D eigenvalue weighted by Gasteiger charge is 2.27. The smallest absolute Gasteiger partial charge is 0.243 e. The monoisotopic (exact) mass is 454 g/mol. The van der Waals surface area contributed by atoms with E-state index < -0.39 is 10.0 Å². The van der Waals surface area contributed by atoms with Crippen LogP contribution in [-0.4, -0.2) is 63.3 Å². The third-order valence-electron chi connectivity index (χ3n) is 6.36. The number of ether oxygens (including phenoxy) is 1. The summed E-state index contributed by atoms with van der Waals surface area (Å²) < 4.78 is 32.7. The molecule has 0 fully saturated rings. The molecule has 0 amide bonds. The summed E-state index contributed by atoms with van der Waals surface area (Å²) in [6.07, 6.45) is 3.22. The Hall–Kier alpha value is -2.32. The Bertz CT molecular complexity index is 1120. The normalized spacial score (nSPS) is 17.6. The predicted molar refractivity (Wildman–Crippen MR) is 125 cm³/mol. The number of ketones is 1. The van der Waals surface area contributed by atoms with Gasteiger partial charge in [0, 0.05) is 39.8 Å². The van der Waals surface area contributed by atoms with Crippen LogP contribution in [0.5, 0.6) is 0 Å². The van der Waals surface area contributed by atoms with E-state index in [1.807, 2.05) is 12.1 Å². The van der Waals surface area contributed by atoms with Gasteiger partial charge in [-0.25, -0.2) is 8.42 Å². The summed E-state index contributed by atoms with van der Waals surface area (Å²) in [6, 6.07) is 13.6. The molecule has 0 unspecified atom stereocenters. The van der Waals surface area contributed by atoms with E-state index in [4.69, 9.17) is 4.74 Å². The largest absolute Gasteiger partial charge is 0.383 e. The molecular weight excluding hydrogens is 424 g/mol. The molecule has 0 saturated heterocycles. The van der Waals surface area contributed by atoms with Crippen LogP contribution in [0.4, 0.5) is 0 Å². The van der Waals surface area contributed by atoms with E-state index in [0.717, 1.165) is 43.8 Å². The first-order valence-corrected chi connectivity index (χ1v) is 12.5. The third kappa shape index (κ3) is 4.86. The molecule has 2 aromatic carbocycles. The number of carbonyl (C=O) groups excluding carboxylic acids is 1. The van der Waals surface area contributed by atoms with Crippen molar-refractivity contribution >= 4 is 15.8 Å². The fraction of sp³-hybridized carbons (Fsp3) is 0.400. The van der Waals surface area contributed by atoms with Crippen molar-refractivity contribution in [2.75, 3.05) is 39.9 Å². The number of rotatable bonds is 7. The van der Waals surface area contributed by atoms with Crippen molar-refractivity contribution in [1.29, 1.82) is 0 Å². The molecule has 0 aliphatic carbocycles. The molecule has 0 saturated carbocycles. The van der Waals surface area contributed by atoms with Gasteiger partial charge in [0.1, 0.15) is 0 Å². The maximum atomic E-state index is 13.0. The molecule has 7 heteroatoms. The first kappa shape index (κ1) is 22.9. The Morgan fingerprint density at radius 3 is 2.41 bits per heavy atom. The summed E-state index contributed by atoms with van der Waals surface area (Å²) in [5.74, 6) is 0.0123. The lowest BCUT2D eigenvalue weighted by molar-refractivity contribution is -0.113. The second-order valence-corrected chi connectivity index (χ2v) is 10.4. The zero-order valence-electron chi connectivity index (χ0n) is 18.7. The quantitative estimate of drug-likeness (QED) is 0.642. The van der Waals surface area contributed by atoms with Gasteiger partial charge in [0.05, 0.1) is 11.5 Å². The number of benzene rings is 2. The van der Waals surface area contributed by atoms with Crippen molar-refractivity contribution in [3.05, 3.63) is 65.2 Å². The summed E-state index contributed by atoms with van der Waals surface area (Å²) in [6.45, 7) is 5.70. The maximum absolute atomic E-state index is 13.0. The number of hydrogen-bond donors (Lipinski definition) is 0. The average molecular weight is 455 g/mol. The number of carbonyl (C=O) groups is 1. The van der Waals surface area contributed by atoms with Crippen LogP contribution in [0.3, 0.4) is 0 Å². The van der Waals surface area contributed by atoms with Gasteiger partial charge in [-0.2, -0.15) is 4.31 Å². The van der Waals surface area contributed by atoms with Gasteiger partial charge in [-0.1, -0.05) is 30.3 Å². The van der Waals surface area contributed by atoms with Crippen LogP contribution in [0.2, 0.25) is 0 Å². The van der Waals surface area contributed by atoms with Gasteiger partial charge < -0.3 is 4.74 Å². The van der Waals surface area contributed by atoms with Gasteiger partial charge in [0.15, 0.2) is 5.78 Å². The lowest BCUT2D eigenvalue weighted by Crippen LogP contribution is -2.35. The summed E-state index contributed by atoms with van der Waals surface area (Å²) >= 11 is 0. The molecule has 2 aliphatic rings. The molecule has 0 spiro atoms. The second-order valence-electron chi connectivity index (χ2n) is 8.43. The van der Waals surface area contributed by atoms with Crippen molar-refractivity contribution in [3.8, 4) is 11.1 Å². The molecule has 170 valence electrons. The van der Waals surface area contributed by atoms with Gasteiger partial charge in [0.25, 0.3) is 0 Å². The fourth-order valence-corrected chi connectivity index (χ4v) is 5.74. The van der Waals surface area contributed by atoms with Gasteiger partial charge in [0.2, 0.25) is 10.0 Å². The highest BCUT2D eigenvalue weighted by Crippen LogP contribution is 2.28. The van der Waals surface area contributed by atoms with Crippen LogP contribution in [-0.2, 0) is 32.5 Å². The molecule has 2 heterocycles. The Balaban J connectivity index is 1.50. The van der Waals surface area contributed by atoms with E-state index in [1.165, 1.54) is 22.4 Å². The maximum Gasteiger partial charge on any atom is 0.243 e. The van der Waals surface area contributed by atoms with E-state index in [-0.39, 0.29) is 17.2 Å². The number of sulfonamides is 1. The topological polar surface area (TPSA) is 66.9 Å². The minimum atomic E-state index is -3.58. The lowest BCUT2D eigenvalue weighted by atomic mass is 9.95. The molecular formula is C25H30N2O4S. The molecule has 0 N–H and O–H groups in total. The van der Waals surface area contributed by atoms with Crippen LogP contribution < -0.4 is 0 Å². The molecule has 32 heavy (non-hydrogen) atoms. The number of fused-ring (bicyclic) bond motifs is 1. The lowest BCUT2D eigenvalue weighted by Gasteiger charge is -2.29. The third-order valence-corrected chi connectivity index (χ3v) is 8.24. The second kappa shape index (κ2) is 9.67. The van der Waals surface area contributed by atoms with Crippen molar-refractivity contribution < 1.29 is 17.9 Å². The Morgan fingerprint density at radius 2 is 1.75 bits per heavy atom. The molecule has 2 aliphatic heterocycles. The van der Waals surface area contributed by atoms with Gasteiger partial charge in [-0.3, -0.25) is 9.69 Å². The first-order valence-electron chi connectivity index (χ1n) is 11.0. The van der Waals surface area contributed by atoms with E-state index >= 15 is 0 Å². The van der Waals surface area contributed by atoms with Crippen LogP contribution in [0, 0.1) is 0 Å². The summed E-state index contributed by atoms with van der Waals surface area (Å²) in [5, 5.41) is 0. The zero-order chi connectivity index (χ0) is 22.7. The van der Waals surface area contributed by atoms with Crippen molar-refractivity contribution in [3.63, 3.8) is 0 Å². The molecule has 0 bridgehead atoms. The number of methoxy groups -OCH3 is 1. The average Bonchev–Trinajstić information content (AvgIpc) is 2.82. The highest BCUT2D eigenvalue weighted by atomic mass is 32.2. The predicted octanol–water partition coefficient (Wildman–Crippen LogP) is 3.27. The van der Waals surface area contributed by atoms with Crippen molar-refractivity contribution in [1.82, 2.24) is 9.21 Å². The minimum Gasteiger partial charge on any atom is -0.383 e. The van der Waals surface area contributed by atoms with Crippen LogP contribution in [0.15, 0.2) is 59.0 Å². The molecule has 0 radical (unpaired) electrons. The Labute approximate surface area is 190 Å². The minimum absolute atomic E-state index is 0.0123. The Morgan fingerprint density at radius 1 is 1.00 bits per heavy atom. The number of Topliss-reactive ketones (excluding diaryl/α,β-unsaturated/α-hetero) is 1. The van der Waals surface area contributed by atoms with E-state index in [2.05, 4.69) is 23.1 Å². The summed E-state index contributed by atoms with van der Waals surface area (Å²) in [7, 11) is -1.85. The van der Waals surface area contributed by atoms with Crippen molar-refractivity contribution in [2.45, 2.75) is 31.2 Å². The van der Waals surface area contributed by atoms with E-state index in [1.54, 1.807) is 25.3 Å². The zero-order valence-corrected chi connectivity index (χ0v) is 19.5. The molecule has 4 rings (SSSR count). The standard InChI is InChI=1S/C25H30N2O4S/c1-19(28)20-10-13-27(14-11-20)32(29,30)25-7-5-21(6-8-25)23-4-3-22-9-12-26(15-16-31-2)18-24(22)17-23/h3-8,10,17H,9,11-16,18H2,1-2H3. The molecule has 0 aromatic heterocycles. The van der Waals surface area contributed by atoms with Gasteiger partial charge in [-0.05, 0) is 65.8 Å². The number of nitrogens with zero attached hydrogens (tertiary/aromatic N) is 2. The van der Waals surface area contributed by atoms with Gasteiger partial charge >= 0.3 is 0 Å². The summed E-state index contributed by atoms with van der Waals surface area (Å²) in [5.41, 5.74) is 5.50. The van der Waals surface area contributed by atoms with Crippen LogP contribution in [0.1, 0.15) is 24.5 Å². The van der Waals surface area contributed by atoms with Crippen LogP contribution >= 0.6 is 0 Å². The Kier molecular flexibility index (Phi) is 6.90. The van der Waals surface area contributed by atoms with E-state index in [0.29, 0.717) is 18.5 Å². The summed E-state index contributed by atoms with van der Waals surface area (Å²) in [4.78, 5) is 14.2. The molecule has 6 nitrogen and oxygen atoms in total.